The van der Waals surface area contributed by atoms with Gasteiger partial charge in [-0.3, -0.25) is 9.69 Å². The van der Waals surface area contributed by atoms with Crippen LogP contribution in [0.25, 0.3) is 0 Å². The quantitative estimate of drug-likeness (QED) is 0.786. The molecule has 2 fully saturated rings. The number of benzene rings is 2. The van der Waals surface area contributed by atoms with E-state index in [1.807, 2.05) is 18.2 Å². The number of likely N-dealkylation sites (tertiary alicyclic amines) is 1. The number of aliphatic hydroxyl groups is 1. The van der Waals surface area contributed by atoms with Crippen molar-refractivity contribution in [2.75, 3.05) is 20.2 Å². The number of nitrogens with one attached hydrogen (secondary N) is 1. The maximum atomic E-state index is 14.7. The molecule has 2 saturated heterocycles. The Bertz CT molecular complexity index is 952. The standard InChI is InChI=1S/C23H26F2N2O3/c1-30-21-7-4-15(9-16(21)13-28)11-27-12-19(18-10-17(24)5-6-20(18)25)23(14-27)8-2-3-22(29)26-23/h4-7,9-10,19,28H,2-3,8,11-14H2,1H3,(H,26,29)/t19-,23+/m0/s1. The van der Waals surface area contributed by atoms with E-state index in [-0.39, 0.29) is 18.4 Å². The number of carbonyl (C=O) groups excluding carboxylic acids is 1. The van der Waals surface area contributed by atoms with Crippen LogP contribution in [0.3, 0.4) is 0 Å². The van der Waals surface area contributed by atoms with Gasteiger partial charge in [0.25, 0.3) is 0 Å². The number of carbonyl (C=O) groups is 1. The third-order valence-corrected chi connectivity index (χ3v) is 6.28. The van der Waals surface area contributed by atoms with Crippen LogP contribution in [0.4, 0.5) is 8.78 Å². The summed E-state index contributed by atoms with van der Waals surface area (Å²) in [4.78, 5) is 14.4. The molecule has 7 heteroatoms. The van der Waals surface area contributed by atoms with Crippen molar-refractivity contribution < 1.29 is 23.4 Å². The van der Waals surface area contributed by atoms with Gasteiger partial charge in [0, 0.05) is 37.5 Å². The summed E-state index contributed by atoms with van der Waals surface area (Å²) < 4.78 is 33.8. The molecule has 2 heterocycles. The van der Waals surface area contributed by atoms with Crippen molar-refractivity contribution in [2.24, 2.45) is 0 Å². The van der Waals surface area contributed by atoms with Crippen LogP contribution in [0, 0.1) is 11.6 Å². The highest BCUT2D eigenvalue weighted by Gasteiger charge is 2.50. The van der Waals surface area contributed by atoms with Crippen LogP contribution in [0.15, 0.2) is 36.4 Å². The molecule has 2 aliphatic heterocycles. The number of hydrogen-bond acceptors (Lipinski definition) is 4. The summed E-state index contributed by atoms with van der Waals surface area (Å²) in [5.41, 5.74) is 1.38. The lowest BCUT2D eigenvalue weighted by atomic mass is 9.76. The van der Waals surface area contributed by atoms with Crippen LogP contribution in [-0.2, 0) is 17.9 Å². The summed E-state index contributed by atoms with van der Waals surface area (Å²) in [6.45, 7) is 1.50. The lowest BCUT2D eigenvalue weighted by Gasteiger charge is -2.39. The van der Waals surface area contributed by atoms with E-state index in [1.165, 1.54) is 6.07 Å². The van der Waals surface area contributed by atoms with E-state index in [2.05, 4.69) is 10.2 Å². The number of halogens is 2. The van der Waals surface area contributed by atoms with Crippen LogP contribution >= 0.6 is 0 Å². The second-order valence-corrected chi connectivity index (χ2v) is 8.25. The zero-order valence-corrected chi connectivity index (χ0v) is 17.0. The molecule has 1 spiro atoms. The van der Waals surface area contributed by atoms with Gasteiger partial charge in [-0.2, -0.15) is 0 Å². The summed E-state index contributed by atoms with van der Waals surface area (Å²) in [5.74, 6) is -0.692. The van der Waals surface area contributed by atoms with Gasteiger partial charge in [0.15, 0.2) is 0 Å². The molecule has 2 aliphatic rings. The molecule has 1 amide bonds. The predicted molar refractivity (Wildman–Crippen MR) is 108 cm³/mol. The monoisotopic (exact) mass is 416 g/mol. The van der Waals surface area contributed by atoms with E-state index in [0.717, 1.165) is 30.5 Å². The minimum Gasteiger partial charge on any atom is -0.496 e. The minimum atomic E-state index is -0.615. The Morgan fingerprint density at radius 2 is 2.10 bits per heavy atom. The van der Waals surface area contributed by atoms with Crippen molar-refractivity contribution in [2.45, 2.75) is 43.9 Å². The molecule has 30 heavy (non-hydrogen) atoms. The molecule has 2 aromatic rings. The molecule has 4 rings (SSSR count). The van der Waals surface area contributed by atoms with Gasteiger partial charge < -0.3 is 15.2 Å². The molecule has 0 aliphatic carbocycles. The van der Waals surface area contributed by atoms with E-state index < -0.39 is 17.2 Å². The van der Waals surface area contributed by atoms with Crippen LogP contribution in [0.1, 0.15) is 41.9 Å². The number of aliphatic hydroxyl groups excluding tert-OH is 1. The molecular formula is C23H26F2N2O3. The first-order valence-electron chi connectivity index (χ1n) is 10.2. The summed E-state index contributed by atoms with van der Waals surface area (Å²) in [7, 11) is 1.56. The fraction of sp³-hybridized carbons (Fsp3) is 0.435. The molecule has 0 unspecified atom stereocenters. The number of ether oxygens (including phenoxy) is 1. The number of piperidine rings is 1. The van der Waals surface area contributed by atoms with Crippen molar-refractivity contribution >= 4 is 5.91 Å². The Morgan fingerprint density at radius 3 is 2.83 bits per heavy atom. The van der Waals surface area contributed by atoms with Crippen LogP contribution in [0.2, 0.25) is 0 Å². The number of methoxy groups -OCH3 is 1. The van der Waals surface area contributed by atoms with Gasteiger partial charge in [-0.1, -0.05) is 6.07 Å². The summed E-state index contributed by atoms with van der Waals surface area (Å²) in [6.07, 6.45) is 1.91. The SMILES string of the molecule is COc1ccc(CN2C[C@@H](c3cc(F)ccc3F)[C@@]3(CCCC(=O)N3)C2)cc1CO. The predicted octanol–water partition coefficient (Wildman–Crippen LogP) is 3.10. The molecule has 5 nitrogen and oxygen atoms in total. The van der Waals surface area contributed by atoms with Gasteiger partial charge in [-0.25, -0.2) is 8.78 Å². The highest BCUT2D eigenvalue weighted by atomic mass is 19.1. The fourth-order valence-corrected chi connectivity index (χ4v) is 4.96. The van der Waals surface area contributed by atoms with E-state index in [0.29, 0.717) is 42.9 Å². The Hall–Kier alpha value is -2.51. The molecule has 2 N–H and O–H groups in total. The van der Waals surface area contributed by atoms with Gasteiger partial charge in [-0.05, 0) is 54.3 Å². The Balaban J connectivity index is 1.64. The molecule has 0 bridgehead atoms. The summed E-state index contributed by atoms with van der Waals surface area (Å²) in [5, 5.41) is 12.7. The number of rotatable bonds is 5. The second kappa shape index (κ2) is 8.32. The zero-order valence-electron chi connectivity index (χ0n) is 17.0. The molecule has 160 valence electrons. The normalized spacial score (nSPS) is 24.3. The smallest absolute Gasteiger partial charge is 0.220 e. The summed E-state index contributed by atoms with van der Waals surface area (Å²) >= 11 is 0. The van der Waals surface area contributed by atoms with Crippen molar-refractivity contribution in [3.8, 4) is 5.75 Å². The van der Waals surface area contributed by atoms with Crippen LogP contribution in [-0.4, -0.2) is 41.7 Å². The van der Waals surface area contributed by atoms with Gasteiger partial charge in [-0.15, -0.1) is 0 Å². The summed E-state index contributed by atoms with van der Waals surface area (Å²) in [6, 6.07) is 9.16. The molecule has 2 aromatic carbocycles. The van der Waals surface area contributed by atoms with Crippen LogP contribution in [0.5, 0.6) is 5.75 Å². The van der Waals surface area contributed by atoms with Crippen molar-refractivity contribution in [1.29, 1.82) is 0 Å². The van der Waals surface area contributed by atoms with Crippen LogP contribution < -0.4 is 10.1 Å². The third-order valence-electron chi connectivity index (χ3n) is 6.28. The number of amides is 1. The average molecular weight is 416 g/mol. The number of nitrogens with zero attached hydrogens (tertiary/aromatic N) is 1. The van der Waals surface area contributed by atoms with Crippen molar-refractivity contribution in [3.05, 3.63) is 64.7 Å². The Kier molecular flexibility index (Phi) is 5.75. The fourth-order valence-electron chi connectivity index (χ4n) is 4.96. The first-order valence-corrected chi connectivity index (χ1v) is 10.2. The zero-order chi connectivity index (χ0) is 21.3. The largest absolute Gasteiger partial charge is 0.496 e. The average Bonchev–Trinajstić information content (AvgIpc) is 3.06. The highest BCUT2D eigenvalue weighted by Crippen LogP contribution is 2.42. The minimum absolute atomic E-state index is 0.0445. The molecular weight excluding hydrogens is 390 g/mol. The molecule has 0 aromatic heterocycles. The second-order valence-electron chi connectivity index (χ2n) is 8.25. The maximum absolute atomic E-state index is 14.7. The lowest BCUT2D eigenvalue weighted by Crippen LogP contribution is -2.56. The van der Waals surface area contributed by atoms with Crippen molar-refractivity contribution in [1.82, 2.24) is 10.2 Å². The first-order chi connectivity index (χ1) is 14.4. The van der Waals surface area contributed by atoms with Gasteiger partial charge in [0.2, 0.25) is 5.91 Å². The maximum Gasteiger partial charge on any atom is 0.220 e. The van der Waals surface area contributed by atoms with E-state index in [1.54, 1.807) is 7.11 Å². The third kappa shape index (κ3) is 3.91. The van der Waals surface area contributed by atoms with E-state index in [9.17, 15) is 18.7 Å². The van der Waals surface area contributed by atoms with E-state index >= 15 is 0 Å². The van der Waals surface area contributed by atoms with Crippen molar-refractivity contribution in [3.63, 3.8) is 0 Å². The molecule has 0 radical (unpaired) electrons. The highest BCUT2D eigenvalue weighted by molar-refractivity contribution is 5.78. The Morgan fingerprint density at radius 1 is 1.27 bits per heavy atom. The Labute approximate surface area is 174 Å². The van der Waals surface area contributed by atoms with Gasteiger partial charge in [0.05, 0.1) is 19.3 Å². The molecule has 2 atom stereocenters. The number of hydrogen-bond donors (Lipinski definition) is 2. The topological polar surface area (TPSA) is 61.8 Å². The van der Waals surface area contributed by atoms with Gasteiger partial charge >= 0.3 is 0 Å². The van der Waals surface area contributed by atoms with E-state index in [4.69, 9.17) is 4.74 Å². The molecule has 0 saturated carbocycles. The first kappa shape index (κ1) is 20.8. The van der Waals surface area contributed by atoms with Gasteiger partial charge in [0.1, 0.15) is 17.4 Å². The lowest BCUT2D eigenvalue weighted by molar-refractivity contribution is -0.125.